The molecule has 0 aliphatic rings. The summed E-state index contributed by atoms with van der Waals surface area (Å²) < 4.78 is 38.3. The first-order valence-corrected chi connectivity index (χ1v) is 14.9. The Morgan fingerprint density at radius 3 is 2.56 bits per heavy atom. The number of benzene rings is 3. The molecule has 230 valence electrons. The van der Waals surface area contributed by atoms with Crippen LogP contribution in [0.4, 0.5) is 8.78 Å². The number of nitrogens with two attached hydrogens (primary N) is 1. The number of hydrogen-bond acceptors (Lipinski definition) is 8. The highest BCUT2D eigenvalue weighted by Crippen LogP contribution is 2.41. The van der Waals surface area contributed by atoms with Crippen LogP contribution < -0.4 is 15.0 Å². The van der Waals surface area contributed by atoms with Crippen molar-refractivity contribution in [3.63, 3.8) is 0 Å². The van der Waals surface area contributed by atoms with Crippen LogP contribution in [0.5, 0.6) is 5.75 Å². The second-order valence-electron chi connectivity index (χ2n) is 10.9. The molecule has 0 spiro atoms. The number of hydrogen-bond donors (Lipinski definition) is 2. The van der Waals surface area contributed by atoms with Gasteiger partial charge in [0.1, 0.15) is 29.5 Å². The number of nitrogens with zero attached hydrogens (tertiary/aromatic N) is 5. The summed E-state index contributed by atoms with van der Waals surface area (Å²) in [6.07, 6.45) is 3.25. The molecule has 0 aliphatic carbocycles. The van der Waals surface area contributed by atoms with Crippen LogP contribution in [0.3, 0.4) is 0 Å². The van der Waals surface area contributed by atoms with Gasteiger partial charge in [0.25, 0.3) is 6.33 Å². The molecule has 2 unspecified atom stereocenters. The van der Waals surface area contributed by atoms with E-state index >= 15 is 4.39 Å². The number of carbonyl (C=O) groups excluding carboxylic acids is 1. The summed E-state index contributed by atoms with van der Waals surface area (Å²) in [6.45, 7) is 5.39. The predicted octanol–water partition coefficient (Wildman–Crippen LogP) is 4.66. The molecule has 9 nitrogen and oxygen atoms in total. The zero-order chi connectivity index (χ0) is 32.3. The number of halogens is 2. The van der Waals surface area contributed by atoms with Crippen LogP contribution in [0.1, 0.15) is 45.7 Å². The Morgan fingerprint density at radius 1 is 1.18 bits per heavy atom. The molecule has 0 fully saturated rings. The highest BCUT2D eigenvalue weighted by Gasteiger charge is 2.43. The lowest BCUT2D eigenvalue weighted by Crippen LogP contribution is -2.39. The van der Waals surface area contributed by atoms with Gasteiger partial charge in [-0.1, -0.05) is 19.1 Å². The number of nitriles is 1. The van der Waals surface area contributed by atoms with E-state index in [0.29, 0.717) is 28.6 Å². The molecule has 45 heavy (non-hydrogen) atoms. The normalized spacial score (nSPS) is 13.2. The third-order valence-corrected chi connectivity index (χ3v) is 8.64. The van der Waals surface area contributed by atoms with Gasteiger partial charge >= 0.3 is 5.97 Å². The highest BCUT2D eigenvalue weighted by atomic mass is 32.1. The lowest BCUT2D eigenvalue weighted by atomic mass is 9.82. The monoisotopic (exact) mass is 629 g/mol. The van der Waals surface area contributed by atoms with Crippen molar-refractivity contribution in [1.82, 2.24) is 14.8 Å². The molecule has 0 radical (unpaired) electrons. The van der Waals surface area contributed by atoms with E-state index in [-0.39, 0.29) is 18.7 Å². The summed E-state index contributed by atoms with van der Waals surface area (Å²) in [5.41, 5.74) is 7.64. The maximum absolute atomic E-state index is 15.2. The maximum Gasteiger partial charge on any atom is 0.325 e. The molecule has 5 rings (SSSR count). The molecule has 3 N–H and O–H groups in total. The van der Waals surface area contributed by atoms with Crippen LogP contribution in [0.25, 0.3) is 11.3 Å². The Kier molecular flexibility index (Phi) is 9.15. The number of aryl methyl sites for hydroxylation is 2. The number of carbonyl (C=O) groups is 1. The van der Waals surface area contributed by atoms with E-state index in [0.717, 1.165) is 40.5 Å². The first kappa shape index (κ1) is 31.6. The third-order valence-electron chi connectivity index (χ3n) is 7.61. The van der Waals surface area contributed by atoms with Gasteiger partial charge in [0.2, 0.25) is 6.33 Å². The van der Waals surface area contributed by atoms with Crippen molar-refractivity contribution in [1.29, 1.82) is 5.26 Å². The van der Waals surface area contributed by atoms with Gasteiger partial charge in [-0.3, -0.25) is 4.79 Å². The van der Waals surface area contributed by atoms with Crippen molar-refractivity contribution in [2.24, 2.45) is 5.73 Å². The fourth-order valence-electron chi connectivity index (χ4n) is 5.26. The molecule has 12 heteroatoms. The van der Waals surface area contributed by atoms with Gasteiger partial charge in [0.15, 0.2) is 0 Å². The lowest BCUT2D eigenvalue weighted by Gasteiger charge is -2.32. The van der Waals surface area contributed by atoms with Crippen molar-refractivity contribution in [3.05, 3.63) is 117 Å². The van der Waals surface area contributed by atoms with Gasteiger partial charge in [-0.05, 0) is 73.0 Å². The van der Waals surface area contributed by atoms with Crippen molar-refractivity contribution < 1.29 is 28.0 Å². The molecular formula is C33H31F2N6O3S+. The molecule has 0 saturated carbocycles. The van der Waals surface area contributed by atoms with Crippen LogP contribution in [0.15, 0.2) is 72.6 Å². The largest absolute Gasteiger partial charge is 0.425 e. The average molecular weight is 630 g/mol. The Hall–Kier alpha value is -4.83. The number of esters is 1. The van der Waals surface area contributed by atoms with E-state index in [1.807, 2.05) is 31.4 Å². The van der Waals surface area contributed by atoms with Crippen LogP contribution in [0.2, 0.25) is 0 Å². The second-order valence-corrected chi connectivity index (χ2v) is 11.8. The standard InChI is InChI=1S/C33H31F2N6O3S/c1-20-10-24(11-21(2)31(20)44-30(42)14-37)15-40-18-38-41(19-40)17-33(43,27-12-26(34)8-9-28(27)35)22(3)32-39-29(16-45-32)25-6-4-23(13-36)5-7-25/h4-12,16,18-19,22,43H,14-15,17,37H2,1-3H3/q+1. The Labute approximate surface area is 262 Å². The minimum absolute atomic E-state index is 0.195. The van der Waals surface area contributed by atoms with Crippen LogP contribution in [-0.4, -0.2) is 32.4 Å². The van der Waals surface area contributed by atoms with Crippen molar-refractivity contribution in [2.45, 2.75) is 45.4 Å². The average Bonchev–Trinajstić information content (AvgIpc) is 3.69. The molecule has 2 aromatic heterocycles. The van der Waals surface area contributed by atoms with E-state index in [9.17, 15) is 14.3 Å². The van der Waals surface area contributed by atoms with Crippen LogP contribution in [-0.2, 0) is 23.5 Å². The lowest BCUT2D eigenvalue weighted by molar-refractivity contribution is -0.689. The smallest absolute Gasteiger partial charge is 0.325 e. The third kappa shape index (κ3) is 6.81. The molecular weight excluding hydrogens is 598 g/mol. The van der Waals surface area contributed by atoms with E-state index in [4.69, 9.17) is 20.7 Å². The number of thiazole rings is 1. The summed E-state index contributed by atoms with van der Waals surface area (Å²) in [5, 5.41) is 28.1. The Morgan fingerprint density at radius 2 is 1.89 bits per heavy atom. The molecule has 0 saturated heterocycles. The van der Waals surface area contributed by atoms with Crippen molar-refractivity contribution >= 4 is 17.3 Å². The molecule has 0 bridgehead atoms. The molecule has 0 aliphatic heterocycles. The topological polar surface area (TPSA) is 131 Å². The zero-order valence-electron chi connectivity index (χ0n) is 24.9. The number of ether oxygens (including phenoxy) is 1. The predicted molar refractivity (Wildman–Crippen MR) is 163 cm³/mol. The first-order chi connectivity index (χ1) is 21.5. The van der Waals surface area contributed by atoms with Crippen molar-refractivity contribution in [2.75, 3.05) is 6.54 Å². The summed E-state index contributed by atoms with van der Waals surface area (Å²) in [5.74, 6) is -2.26. The minimum atomic E-state index is -1.93. The van der Waals surface area contributed by atoms with E-state index in [2.05, 4.69) is 11.2 Å². The molecule has 2 heterocycles. The quantitative estimate of drug-likeness (QED) is 0.131. The summed E-state index contributed by atoms with van der Waals surface area (Å²) >= 11 is 1.29. The van der Waals surface area contributed by atoms with E-state index in [1.54, 1.807) is 48.4 Å². The second kappa shape index (κ2) is 13.0. The van der Waals surface area contributed by atoms with Gasteiger partial charge in [-0.2, -0.15) is 5.26 Å². The van der Waals surface area contributed by atoms with Gasteiger partial charge in [0, 0.05) is 27.5 Å². The molecule has 3 aromatic carbocycles. The van der Waals surface area contributed by atoms with Crippen LogP contribution in [0, 0.1) is 36.8 Å². The molecule has 5 aromatic rings. The minimum Gasteiger partial charge on any atom is -0.425 e. The van der Waals surface area contributed by atoms with Gasteiger partial charge in [-0.15, -0.1) is 16.0 Å². The van der Waals surface area contributed by atoms with Crippen LogP contribution >= 0.6 is 11.3 Å². The summed E-state index contributed by atoms with van der Waals surface area (Å²) in [4.78, 5) is 16.4. The fraction of sp³-hybridized carbons (Fsp3) is 0.242. The Bertz CT molecular complexity index is 1880. The summed E-state index contributed by atoms with van der Waals surface area (Å²) in [7, 11) is 0. The van der Waals surface area contributed by atoms with Gasteiger partial charge in [-0.25, -0.2) is 18.3 Å². The number of aliphatic hydroxyl groups is 1. The van der Waals surface area contributed by atoms with Gasteiger partial charge < -0.3 is 15.6 Å². The molecule has 0 amide bonds. The zero-order valence-corrected chi connectivity index (χ0v) is 25.7. The SMILES string of the molecule is Cc1cc(C[n+]2cnn(CC(O)(c3cc(F)ccc3F)C(C)c3nc(-c4ccc(C#N)cc4)cs3)c2)cc(C)c1OC(=O)CN. The van der Waals surface area contributed by atoms with E-state index in [1.165, 1.54) is 16.0 Å². The Balaban J connectivity index is 1.43. The number of aromatic nitrogens is 4. The maximum atomic E-state index is 15.2. The highest BCUT2D eigenvalue weighted by molar-refractivity contribution is 7.10. The summed E-state index contributed by atoms with van der Waals surface area (Å²) in [6, 6.07) is 15.8. The van der Waals surface area contributed by atoms with Crippen molar-refractivity contribution in [3.8, 4) is 23.1 Å². The van der Waals surface area contributed by atoms with Gasteiger partial charge in [0.05, 0.1) is 35.4 Å². The fourth-order valence-corrected chi connectivity index (χ4v) is 6.23. The van der Waals surface area contributed by atoms with E-state index < -0.39 is 29.1 Å². The molecule has 2 atom stereocenters. The first-order valence-electron chi connectivity index (χ1n) is 14.1. The number of rotatable bonds is 10.